The predicted molar refractivity (Wildman–Crippen MR) is 208 cm³/mol. The Morgan fingerprint density at radius 1 is 0.926 bits per heavy atom. The van der Waals surface area contributed by atoms with Crippen molar-refractivity contribution in [3.8, 4) is 0 Å². The van der Waals surface area contributed by atoms with Crippen LogP contribution in [-0.2, 0) is 22.7 Å². The number of imide groups is 1. The van der Waals surface area contributed by atoms with Gasteiger partial charge < -0.3 is 26.7 Å². The van der Waals surface area contributed by atoms with Gasteiger partial charge in [-0.3, -0.25) is 29.6 Å². The van der Waals surface area contributed by atoms with Crippen LogP contribution >= 0.6 is 0 Å². The number of fused-ring (bicyclic) bond motifs is 1. The van der Waals surface area contributed by atoms with E-state index < -0.39 is 6.04 Å². The summed E-state index contributed by atoms with van der Waals surface area (Å²) in [7, 11) is 0. The molecule has 2 saturated heterocycles. The van der Waals surface area contributed by atoms with Crippen LogP contribution in [0.4, 0.5) is 23.1 Å². The van der Waals surface area contributed by atoms with Crippen LogP contribution in [0.3, 0.4) is 0 Å². The summed E-state index contributed by atoms with van der Waals surface area (Å²) in [4.78, 5) is 56.4. The van der Waals surface area contributed by atoms with Gasteiger partial charge >= 0.3 is 0 Å². The summed E-state index contributed by atoms with van der Waals surface area (Å²) in [6.45, 7) is 2.92. The van der Waals surface area contributed by atoms with Crippen molar-refractivity contribution >= 4 is 64.1 Å². The van der Waals surface area contributed by atoms with Gasteiger partial charge in [-0.2, -0.15) is 4.98 Å². The maximum Gasteiger partial charge on any atom is 0.243 e. The molecule has 2 aliphatic rings. The highest BCUT2D eigenvalue weighted by molar-refractivity contribution is 6.07. The van der Waals surface area contributed by atoms with Gasteiger partial charge in [0.2, 0.25) is 17.8 Å². The van der Waals surface area contributed by atoms with Gasteiger partial charge in [0.25, 0.3) is 0 Å². The largest absolute Gasteiger partial charge is 0.387 e. The molecule has 0 spiro atoms. The van der Waals surface area contributed by atoms with Crippen LogP contribution in [-0.4, -0.2) is 74.3 Å². The molecule has 4 heterocycles. The lowest BCUT2D eigenvalue weighted by Gasteiger charge is -2.32. The van der Waals surface area contributed by atoms with E-state index in [2.05, 4.69) is 63.6 Å². The molecule has 274 valence electrons. The summed E-state index contributed by atoms with van der Waals surface area (Å²) in [6.07, 6.45) is 9.95. The number of aldehydes is 1. The number of hydrogen-bond acceptors (Lipinski definition) is 13. The molecule has 0 radical (unpaired) electrons. The second kappa shape index (κ2) is 17.0. The minimum absolute atomic E-state index is 0.241. The fraction of sp³-hybridized carbons (Fsp3) is 0.250. The van der Waals surface area contributed by atoms with Crippen molar-refractivity contribution < 1.29 is 14.4 Å². The first-order valence-electron chi connectivity index (χ1n) is 18.0. The monoisotopic (exact) mass is 723 g/mol. The van der Waals surface area contributed by atoms with E-state index in [9.17, 15) is 14.4 Å². The Bertz CT molecular complexity index is 2200. The number of allylic oxidation sites excluding steroid dienone is 1. The number of piperidine rings is 2. The third kappa shape index (κ3) is 8.97. The Morgan fingerprint density at radius 3 is 2.57 bits per heavy atom. The molecule has 1 unspecified atom stereocenters. The summed E-state index contributed by atoms with van der Waals surface area (Å²) in [5.74, 6) is 0.286. The van der Waals surface area contributed by atoms with Crippen molar-refractivity contribution in [2.24, 2.45) is 0 Å². The molecule has 6 N–H and O–H groups in total. The first-order valence-corrected chi connectivity index (χ1v) is 18.0. The number of benzene rings is 3. The minimum atomic E-state index is -0.530. The quantitative estimate of drug-likeness (QED) is 0.0519. The van der Waals surface area contributed by atoms with E-state index in [-0.39, 0.29) is 24.8 Å². The highest BCUT2D eigenvalue weighted by Gasteiger charge is 2.26. The number of amides is 2. The predicted octanol–water partition coefficient (Wildman–Crippen LogP) is 4.86. The number of likely N-dealkylation sites (tertiary alicyclic amines) is 1. The number of rotatable bonds is 14. The highest BCUT2D eigenvalue weighted by Crippen LogP contribution is 2.25. The van der Waals surface area contributed by atoms with E-state index in [4.69, 9.17) is 5.41 Å². The van der Waals surface area contributed by atoms with Crippen molar-refractivity contribution in [3.63, 3.8) is 0 Å². The zero-order chi connectivity index (χ0) is 37.3. The Hall–Kier alpha value is -6.38. The number of nitrogens with zero attached hydrogens (tertiary/aromatic N) is 5. The summed E-state index contributed by atoms with van der Waals surface area (Å²) in [5.41, 5.74) is 6.85. The molecule has 54 heavy (non-hydrogen) atoms. The minimum Gasteiger partial charge on any atom is -0.387 e. The molecule has 3 aromatic carbocycles. The van der Waals surface area contributed by atoms with Crippen molar-refractivity contribution in [3.05, 3.63) is 114 Å². The number of carbonyl (C=O) groups is 3. The Kier molecular flexibility index (Phi) is 11.3. The molecule has 2 fully saturated rings. The summed E-state index contributed by atoms with van der Waals surface area (Å²) < 4.78 is 0. The number of para-hydroxylation sites is 2. The molecule has 5 aromatic rings. The van der Waals surface area contributed by atoms with Gasteiger partial charge in [-0.15, -0.1) is 0 Å². The second-order valence-corrected chi connectivity index (χ2v) is 13.3. The lowest BCUT2D eigenvalue weighted by molar-refractivity contribution is -0.134. The van der Waals surface area contributed by atoms with Gasteiger partial charge in [-0.1, -0.05) is 36.4 Å². The molecule has 2 amide bonds. The molecule has 1 atom stereocenters. The van der Waals surface area contributed by atoms with Gasteiger partial charge in [0.1, 0.15) is 12.1 Å². The summed E-state index contributed by atoms with van der Waals surface area (Å²) >= 11 is 0. The van der Waals surface area contributed by atoms with E-state index in [0.29, 0.717) is 52.3 Å². The maximum atomic E-state index is 12.3. The zero-order valence-corrected chi connectivity index (χ0v) is 29.6. The van der Waals surface area contributed by atoms with Crippen LogP contribution < -0.4 is 26.6 Å². The van der Waals surface area contributed by atoms with Gasteiger partial charge in [-0.25, -0.2) is 9.97 Å². The van der Waals surface area contributed by atoms with Crippen LogP contribution in [0.15, 0.2) is 91.4 Å². The van der Waals surface area contributed by atoms with Crippen LogP contribution in [0.2, 0.25) is 0 Å². The molecule has 0 aliphatic carbocycles. The van der Waals surface area contributed by atoms with Crippen LogP contribution in [0.5, 0.6) is 0 Å². The average Bonchev–Trinajstić information content (AvgIpc) is 3.19. The smallest absolute Gasteiger partial charge is 0.243 e. The van der Waals surface area contributed by atoms with E-state index >= 15 is 0 Å². The fourth-order valence-electron chi connectivity index (χ4n) is 6.66. The molecule has 2 aliphatic heterocycles. The molecular weight excluding hydrogens is 683 g/mol. The number of aromatic nitrogens is 4. The maximum absolute atomic E-state index is 12.3. The lowest BCUT2D eigenvalue weighted by Crippen LogP contribution is -2.50. The van der Waals surface area contributed by atoms with E-state index in [1.165, 1.54) is 11.8 Å². The number of anilines is 4. The third-order valence-corrected chi connectivity index (χ3v) is 9.57. The van der Waals surface area contributed by atoms with Crippen molar-refractivity contribution in [2.75, 3.05) is 23.7 Å². The topological polar surface area (TPSA) is 190 Å². The first-order chi connectivity index (χ1) is 26.4. The Labute approximate surface area is 312 Å². The van der Waals surface area contributed by atoms with Gasteiger partial charge in [0, 0.05) is 79.8 Å². The molecule has 0 bridgehead atoms. The summed E-state index contributed by atoms with van der Waals surface area (Å²) in [6, 6.07) is 22.8. The molecular formula is C40H41N11O3. The van der Waals surface area contributed by atoms with Crippen molar-refractivity contribution in [1.29, 1.82) is 5.41 Å². The SMILES string of the molecule is N=C/C(=C\NC1CCN(Cc2cccc(Nc3nccc(Nc4cccc(C=O)c4CNC4CCC(=O)NC4=O)n3)c2)CC1)c1cnc2ccccc2n1. The van der Waals surface area contributed by atoms with Crippen LogP contribution in [0.1, 0.15) is 52.9 Å². The molecule has 2 aromatic heterocycles. The van der Waals surface area contributed by atoms with Gasteiger partial charge in [-0.05, 0) is 66.8 Å². The van der Waals surface area contributed by atoms with Gasteiger partial charge in [0.05, 0.1) is 29.0 Å². The number of nitrogens with one attached hydrogen (secondary N) is 6. The van der Waals surface area contributed by atoms with Crippen molar-refractivity contribution in [2.45, 2.75) is 50.9 Å². The van der Waals surface area contributed by atoms with E-state index in [1.54, 1.807) is 30.6 Å². The number of hydrogen-bond donors (Lipinski definition) is 6. The Balaban J connectivity index is 0.931. The van der Waals surface area contributed by atoms with Crippen LogP contribution in [0.25, 0.3) is 16.6 Å². The molecule has 14 heteroatoms. The molecule has 14 nitrogen and oxygen atoms in total. The summed E-state index contributed by atoms with van der Waals surface area (Å²) in [5, 5.41) is 23.6. The van der Waals surface area contributed by atoms with Gasteiger partial charge in [0.15, 0.2) is 0 Å². The van der Waals surface area contributed by atoms with E-state index in [1.807, 2.05) is 48.7 Å². The molecule has 7 rings (SSSR count). The third-order valence-electron chi connectivity index (χ3n) is 9.57. The Morgan fingerprint density at radius 2 is 1.76 bits per heavy atom. The second-order valence-electron chi connectivity index (χ2n) is 13.3. The molecule has 0 saturated carbocycles. The van der Waals surface area contributed by atoms with Crippen LogP contribution in [0, 0.1) is 5.41 Å². The fourth-order valence-corrected chi connectivity index (χ4v) is 6.66. The zero-order valence-electron chi connectivity index (χ0n) is 29.6. The highest BCUT2D eigenvalue weighted by atomic mass is 16.2. The average molecular weight is 724 g/mol. The normalized spacial score (nSPS) is 16.8. The lowest BCUT2D eigenvalue weighted by atomic mass is 10.0. The number of carbonyl (C=O) groups excluding carboxylic acids is 3. The van der Waals surface area contributed by atoms with E-state index in [0.717, 1.165) is 55.5 Å². The van der Waals surface area contributed by atoms with Crippen molar-refractivity contribution in [1.82, 2.24) is 40.8 Å². The first kappa shape index (κ1) is 36.0. The standard InChI is InChI=1S/C40H41N11O3/c41-20-28(36-23-45-33-8-1-2-9-34(33)47-36)21-43-29-14-17-51(18-15-29)24-26-5-3-7-30(19-26)46-40-42-16-13-37(49-40)48-32-10-4-6-27(25-52)31(32)22-44-35-11-12-38(53)50-39(35)54/h1-10,13,16,19-21,23,25,29,35,41,43-44H,11-12,14-15,17-18,22,24H2,(H,50,53,54)(H2,42,46,48,49)/b28-21+,41-20?.